The van der Waals surface area contributed by atoms with Crippen LogP contribution in [0.25, 0.3) is 0 Å². The van der Waals surface area contributed by atoms with Gasteiger partial charge in [-0.1, -0.05) is 56.5 Å². The summed E-state index contributed by atoms with van der Waals surface area (Å²) in [6.45, 7) is 7.52. The zero-order valence-corrected chi connectivity index (χ0v) is 11.6. The lowest BCUT2D eigenvalue weighted by molar-refractivity contribution is 0.384. The molecular formula is C13H19Cl2N. The van der Waals surface area contributed by atoms with Crippen molar-refractivity contribution in [2.24, 2.45) is 5.92 Å². The topological polar surface area (TPSA) is 12.0 Å². The van der Waals surface area contributed by atoms with Gasteiger partial charge >= 0.3 is 0 Å². The van der Waals surface area contributed by atoms with Gasteiger partial charge in [0.25, 0.3) is 0 Å². The second kappa shape index (κ2) is 6.48. The maximum absolute atomic E-state index is 6.05. The van der Waals surface area contributed by atoms with E-state index in [0.29, 0.717) is 22.0 Å². The second-order valence-corrected chi connectivity index (χ2v) is 4.91. The van der Waals surface area contributed by atoms with Crippen LogP contribution in [0.5, 0.6) is 0 Å². The van der Waals surface area contributed by atoms with Crippen molar-refractivity contribution < 1.29 is 0 Å². The molecule has 1 aromatic rings. The van der Waals surface area contributed by atoms with Crippen LogP contribution in [-0.4, -0.2) is 6.54 Å². The first kappa shape index (κ1) is 13.8. The summed E-state index contributed by atoms with van der Waals surface area (Å²) >= 11 is 12.0. The minimum atomic E-state index is 0.352. The first-order valence-corrected chi connectivity index (χ1v) is 6.54. The Morgan fingerprint density at radius 1 is 1.19 bits per heavy atom. The van der Waals surface area contributed by atoms with Gasteiger partial charge in [-0.05, 0) is 30.2 Å². The maximum atomic E-state index is 6.05. The Balaban J connectivity index is 2.96. The van der Waals surface area contributed by atoms with Gasteiger partial charge in [0.2, 0.25) is 0 Å². The van der Waals surface area contributed by atoms with Gasteiger partial charge in [0, 0.05) is 6.04 Å². The highest BCUT2D eigenvalue weighted by Crippen LogP contribution is 2.29. The maximum Gasteiger partial charge on any atom is 0.0595 e. The van der Waals surface area contributed by atoms with Gasteiger partial charge in [-0.25, -0.2) is 0 Å². The van der Waals surface area contributed by atoms with Crippen molar-refractivity contribution in [3.8, 4) is 0 Å². The summed E-state index contributed by atoms with van der Waals surface area (Å²) < 4.78 is 0. The van der Waals surface area contributed by atoms with E-state index in [2.05, 4.69) is 26.1 Å². The Bertz CT molecular complexity index is 339. The van der Waals surface area contributed by atoms with Crippen molar-refractivity contribution >= 4 is 23.2 Å². The first-order chi connectivity index (χ1) is 7.60. The van der Waals surface area contributed by atoms with Gasteiger partial charge in [-0.3, -0.25) is 0 Å². The van der Waals surface area contributed by atoms with Crippen molar-refractivity contribution in [2.45, 2.75) is 33.2 Å². The average Bonchev–Trinajstić information content (AvgIpc) is 2.29. The molecule has 1 rings (SSSR count). The molecule has 0 bridgehead atoms. The zero-order valence-electron chi connectivity index (χ0n) is 10.1. The Labute approximate surface area is 108 Å². The lowest BCUT2D eigenvalue weighted by Crippen LogP contribution is -2.26. The molecule has 0 spiro atoms. The molecule has 0 aliphatic heterocycles. The number of nitrogens with one attached hydrogen (secondary N) is 1. The molecule has 1 nitrogen and oxygen atoms in total. The van der Waals surface area contributed by atoms with E-state index < -0.39 is 0 Å². The van der Waals surface area contributed by atoms with Crippen molar-refractivity contribution in [3.63, 3.8) is 0 Å². The fraction of sp³-hybridized carbons (Fsp3) is 0.538. The standard InChI is InChI=1S/C13H19Cl2N/c1-4-9(3)13(16-5-2)10-6-7-11(14)12(15)8-10/h6-9,13,16H,4-5H2,1-3H3. The molecule has 0 saturated carbocycles. The quantitative estimate of drug-likeness (QED) is 0.809. The molecule has 3 heteroatoms. The monoisotopic (exact) mass is 259 g/mol. The molecule has 1 N–H and O–H groups in total. The molecule has 1 aromatic carbocycles. The van der Waals surface area contributed by atoms with Gasteiger partial charge in [-0.2, -0.15) is 0 Å². The SMILES string of the molecule is CCNC(c1ccc(Cl)c(Cl)c1)C(C)CC. The molecule has 0 aliphatic rings. The molecule has 0 aliphatic carbocycles. The zero-order chi connectivity index (χ0) is 12.1. The van der Waals surface area contributed by atoms with Crippen LogP contribution in [0, 0.1) is 5.92 Å². The fourth-order valence-corrected chi connectivity index (χ4v) is 2.12. The van der Waals surface area contributed by atoms with Crippen molar-refractivity contribution in [2.75, 3.05) is 6.54 Å². The third kappa shape index (κ3) is 3.38. The van der Waals surface area contributed by atoms with Gasteiger partial charge < -0.3 is 5.32 Å². The van der Waals surface area contributed by atoms with E-state index in [1.165, 1.54) is 5.56 Å². The van der Waals surface area contributed by atoms with E-state index in [0.717, 1.165) is 13.0 Å². The molecular weight excluding hydrogens is 241 g/mol. The molecule has 16 heavy (non-hydrogen) atoms. The van der Waals surface area contributed by atoms with E-state index in [1.54, 1.807) is 0 Å². The Morgan fingerprint density at radius 2 is 1.88 bits per heavy atom. The molecule has 0 radical (unpaired) electrons. The highest BCUT2D eigenvalue weighted by atomic mass is 35.5. The van der Waals surface area contributed by atoms with E-state index in [4.69, 9.17) is 23.2 Å². The third-order valence-corrected chi connectivity index (χ3v) is 3.68. The van der Waals surface area contributed by atoms with Gasteiger partial charge in [0.1, 0.15) is 0 Å². The predicted molar refractivity (Wildman–Crippen MR) is 72.3 cm³/mol. The molecule has 0 saturated heterocycles. The van der Waals surface area contributed by atoms with Crippen LogP contribution in [0.1, 0.15) is 38.8 Å². The van der Waals surface area contributed by atoms with Crippen LogP contribution in [-0.2, 0) is 0 Å². The summed E-state index contributed by atoms with van der Waals surface area (Å²) in [7, 11) is 0. The molecule has 90 valence electrons. The lowest BCUT2D eigenvalue weighted by atomic mass is 9.92. The van der Waals surface area contributed by atoms with Crippen molar-refractivity contribution in [1.82, 2.24) is 5.32 Å². The average molecular weight is 260 g/mol. The van der Waals surface area contributed by atoms with E-state index in [1.807, 2.05) is 18.2 Å². The highest BCUT2D eigenvalue weighted by molar-refractivity contribution is 6.42. The Kier molecular flexibility index (Phi) is 5.60. The number of hydrogen-bond acceptors (Lipinski definition) is 1. The predicted octanol–water partition coefficient (Wildman–Crippen LogP) is 4.69. The highest BCUT2D eigenvalue weighted by Gasteiger charge is 2.17. The number of halogens is 2. The number of rotatable bonds is 5. The number of hydrogen-bond donors (Lipinski definition) is 1. The van der Waals surface area contributed by atoms with Crippen molar-refractivity contribution in [1.29, 1.82) is 0 Å². The summed E-state index contributed by atoms with van der Waals surface area (Å²) in [5.74, 6) is 0.581. The van der Waals surface area contributed by atoms with E-state index in [-0.39, 0.29) is 0 Å². The van der Waals surface area contributed by atoms with E-state index in [9.17, 15) is 0 Å². The van der Waals surface area contributed by atoms with Gasteiger partial charge in [0.05, 0.1) is 10.0 Å². The van der Waals surface area contributed by atoms with Crippen LogP contribution in [0.15, 0.2) is 18.2 Å². The first-order valence-electron chi connectivity index (χ1n) is 5.78. The number of benzene rings is 1. The lowest BCUT2D eigenvalue weighted by Gasteiger charge is -2.24. The summed E-state index contributed by atoms with van der Waals surface area (Å²) in [5, 5.41) is 4.74. The smallest absolute Gasteiger partial charge is 0.0595 e. The third-order valence-electron chi connectivity index (χ3n) is 2.94. The Morgan fingerprint density at radius 3 is 2.38 bits per heavy atom. The molecule has 2 atom stereocenters. The Hall–Kier alpha value is -0.240. The molecule has 0 fully saturated rings. The van der Waals surface area contributed by atoms with Crippen LogP contribution >= 0.6 is 23.2 Å². The normalized spacial score (nSPS) is 14.8. The summed E-state index contributed by atoms with van der Waals surface area (Å²) in [4.78, 5) is 0. The van der Waals surface area contributed by atoms with Crippen LogP contribution in [0.4, 0.5) is 0 Å². The summed E-state index contributed by atoms with van der Waals surface area (Å²) in [5.41, 5.74) is 1.21. The fourth-order valence-electron chi connectivity index (χ4n) is 1.81. The largest absolute Gasteiger partial charge is 0.310 e. The summed E-state index contributed by atoms with van der Waals surface area (Å²) in [6.07, 6.45) is 1.14. The van der Waals surface area contributed by atoms with Crippen LogP contribution in [0.3, 0.4) is 0 Å². The molecule has 0 amide bonds. The van der Waals surface area contributed by atoms with Gasteiger partial charge in [-0.15, -0.1) is 0 Å². The minimum Gasteiger partial charge on any atom is -0.310 e. The molecule has 0 heterocycles. The van der Waals surface area contributed by atoms with Gasteiger partial charge in [0.15, 0.2) is 0 Å². The minimum absolute atomic E-state index is 0.352. The van der Waals surface area contributed by atoms with Crippen LogP contribution < -0.4 is 5.32 Å². The second-order valence-electron chi connectivity index (χ2n) is 4.09. The van der Waals surface area contributed by atoms with E-state index >= 15 is 0 Å². The van der Waals surface area contributed by atoms with Crippen molar-refractivity contribution in [3.05, 3.63) is 33.8 Å². The molecule has 2 unspecified atom stereocenters. The molecule has 0 aromatic heterocycles. The summed E-state index contributed by atoms with van der Waals surface area (Å²) in [6, 6.07) is 6.23. The van der Waals surface area contributed by atoms with Crippen LogP contribution in [0.2, 0.25) is 10.0 Å².